The second kappa shape index (κ2) is 8.05. The van der Waals surface area contributed by atoms with Crippen molar-refractivity contribution in [2.45, 2.75) is 45.6 Å². The zero-order chi connectivity index (χ0) is 14.7. The molecule has 1 aliphatic rings. The van der Waals surface area contributed by atoms with E-state index >= 15 is 0 Å². The number of anilines is 1. The first kappa shape index (κ1) is 18.3. The maximum atomic E-state index is 11.5. The van der Waals surface area contributed by atoms with Crippen LogP contribution in [-0.4, -0.2) is 47.1 Å². The standard InChI is InChI=1S/C13H22N4O2S.ClH/c1-8-4-17(5-9(2)19-8)6-11-7-20-13(15-11)16-12(18)10(3)14;/h7-10H,4-6,14H2,1-3H3,(H,15,16,18);1H. The number of halogens is 1. The second-order valence-electron chi connectivity index (χ2n) is 5.37. The minimum absolute atomic E-state index is 0. The molecule has 0 aliphatic carbocycles. The topological polar surface area (TPSA) is 80.5 Å². The lowest BCUT2D eigenvalue weighted by Gasteiger charge is -2.34. The Hall–Kier alpha value is -0.730. The number of hydrogen-bond acceptors (Lipinski definition) is 6. The summed E-state index contributed by atoms with van der Waals surface area (Å²) < 4.78 is 5.71. The molecule has 3 unspecified atom stereocenters. The van der Waals surface area contributed by atoms with Crippen molar-refractivity contribution in [3.8, 4) is 0 Å². The SMILES string of the molecule is CC1CN(Cc2csc(NC(=O)C(C)N)n2)CC(C)O1.Cl. The number of nitrogens with one attached hydrogen (secondary N) is 1. The molecule has 2 rings (SSSR count). The number of carbonyl (C=O) groups is 1. The lowest BCUT2D eigenvalue weighted by Crippen LogP contribution is -2.44. The van der Waals surface area contributed by atoms with Crippen LogP contribution in [-0.2, 0) is 16.1 Å². The first-order chi connectivity index (χ1) is 9.44. The largest absolute Gasteiger partial charge is 0.373 e. The summed E-state index contributed by atoms with van der Waals surface area (Å²) in [5.74, 6) is -0.209. The number of morpholine rings is 1. The summed E-state index contributed by atoms with van der Waals surface area (Å²) in [4.78, 5) is 18.3. The fourth-order valence-corrected chi connectivity index (χ4v) is 3.00. The average Bonchev–Trinajstić information content (AvgIpc) is 2.74. The quantitative estimate of drug-likeness (QED) is 0.871. The van der Waals surface area contributed by atoms with E-state index in [2.05, 4.69) is 29.0 Å². The van der Waals surface area contributed by atoms with Crippen molar-refractivity contribution in [1.82, 2.24) is 9.88 Å². The Morgan fingerprint density at radius 2 is 2.19 bits per heavy atom. The van der Waals surface area contributed by atoms with Crippen molar-refractivity contribution < 1.29 is 9.53 Å². The van der Waals surface area contributed by atoms with Gasteiger partial charge in [0.15, 0.2) is 5.13 Å². The van der Waals surface area contributed by atoms with Crippen LogP contribution in [0.25, 0.3) is 0 Å². The molecule has 0 spiro atoms. The molecule has 21 heavy (non-hydrogen) atoms. The van der Waals surface area contributed by atoms with Crippen molar-refractivity contribution in [1.29, 1.82) is 0 Å². The fourth-order valence-electron chi connectivity index (χ4n) is 2.30. The van der Waals surface area contributed by atoms with E-state index < -0.39 is 6.04 Å². The van der Waals surface area contributed by atoms with E-state index in [4.69, 9.17) is 10.5 Å². The molecule has 1 aromatic heterocycles. The van der Waals surface area contributed by atoms with Crippen LogP contribution in [0.1, 0.15) is 26.5 Å². The van der Waals surface area contributed by atoms with E-state index in [1.54, 1.807) is 6.92 Å². The van der Waals surface area contributed by atoms with Crippen LogP contribution < -0.4 is 11.1 Å². The normalized spacial score (nSPS) is 24.2. The Morgan fingerprint density at radius 3 is 2.76 bits per heavy atom. The third-order valence-electron chi connectivity index (χ3n) is 3.08. The van der Waals surface area contributed by atoms with Gasteiger partial charge in [-0.2, -0.15) is 0 Å². The van der Waals surface area contributed by atoms with Gasteiger partial charge in [-0.15, -0.1) is 23.7 Å². The molecule has 0 bridgehead atoms. The van der Waals surface area contributed by atoms with Crippen molar-refractivity contribution in [3.63, 3.8) is 0 Å². The van der Waals surface area contributed by atoms with Gasteiger partial charge in [0, 0.05) is 25.0 Å². The number of aromatic nitrogens is 1. The minimum atomic E-state index is -0.525. The lowest BCUT2D eigenvalue weighted by molar-refractivity contribution is -0.117. The van der Waals surface area contributed by atoms with E-state index in [-0.39, 0.29) is 30.5 Å². The van der Waals surface area contributed by atoms with Crippen molar-refractivity contribution in [2.24, 2.45) is 5.73 Å². The van der Waals surface area contributed by atoms with Gasteiger partial charge in [-0.05, 0) is 20.8 Å². The van der Waals surface area contributed by atoms with E-state index in [0.29, 0.717) is 5.13 Å². The number of thiazole rings is 1. The van der Waals surface area contributed by atoms with Gasteiger partial charge in [0.05, 0.1) is 23.9 Å². The highest BCUT2D eigenvalue weighted by Crippen LogP contribution is 2.19. The summed E-state index contributed by atoms with van der Waals surface area (Å²) in [6.07, 6.45) is 0.490. The first-order valence-corrected chi connectivity index (χ1v) is 7.70. The Balaban J connectivity index is 0.00000220. The lowest BCUT2D eigenvalue weighted by atomic mass is 10.2. The highest BCUT2D eigenvalue weighted by atomic mass is 35.5. The molecule has 0 radical (unpaired) electrons. The number of amides is 1. The molecule has 1 fully saturated rings. The van der Waals surface area contributed by atoms with Gasteiger partial charge in [-0.1, -0.05) is 0 Å². The van der Waals surface area contributed by atoms with Crippen molar-refractivity contribution in [2.75, 3.05) is 18.4 Å². The predicted molar refractivity (Wildman–Crippen MR) is 86.9 cm³/mol. The highest BCUT2D eigenvalue weighted by molar-refractivity contribution is 7.13. The molecule has 2 heterocycles. The molecule has 3 N–H and O–H groups in total. The molecule has 0 aromatic carbocycles. The molecule has 6 nitrogen and oxygen atoms in total. The van der Waals surface area contributed by atoms with Crippen molar-refractivity contribution in [3.05, 3.63) is 11.1 Å². The van der Waals surface area contributed by atoms with Crippen LogP contribution in [0.5, 0.6) is 0 Å². The highest BCUT2D eigenvalue weighted by Gasteiger charge is 2.22. The molecule has 120 valence electrons. The van der Waals surface area contributed by atoms with Crippen LogP contribution in [0, 0.1) is 0 Å². The van der Waals surface area contributed by atoms with Gasteiger partial charge in [0.25, 0.3) is 0 Å². The van der Waals surface area contributed by atoms with Gasteiger partial charge in [0.1, 0.15) is 0 Å². The molecule has 3 atom stereocenters. The summed E-state index contributed by atoms with van der Waals surface area (Å²) in [6.45, 7) is 8.41. The summed E-state index contributed by atoms with van der Waals surface area (Å²) in [7, 11) is 0. The third-order valence-corrected chi connectivity index (χ3v) is 3.88. The zero-order valence-corrected chi connectivity index (χ0v) is 14.2. The Bertz CT molecular complexity index is 459. The van der Waals surface area contributed by atoms with Gasteiger partial charge in [0.2, 0.25) is 5.91 Å². The molecule has 1 amide bonds. The molecule has 0 saturated carbocycles. The smallest absolute Gasteiger partial charge is 0.242 e. The Morgan fingerprint density at radius 1 is 1.57 bits per heavy atom. The van der Waals surface area contributed by atoms with Crippen LogP contribution in [0.3, 0.4) is 0 Å². The Labute approximate surface area is 135 Å². The fraction of sp³-hybridized carbons (Fsp3) is 0.692. The number of hydrogen-bond donors (Lipinski definition) is 2. The number of carbonyl (C=O) groups excluding carboxylic acids is 1. The number of nitrogens with two attached hydrogens (primary N) is 1. The summed E-state index contributed by atoms with van der Waals surface area (Å²) in [5.41, 5.74) is 6.48. The van der Waals surface area contributed by atoms with Crippen LogP contribution in [0.2, 0.25) is 0 Å². The number of rotatable bonds is 4. The summed E-state index contributed by atoms with van der Waals surface area (Å²) in [6, 6.07) is -0.525. The number of ether oxygens (including phenoxy) is 1. The molecule has 1 saturated heterocycles. The minimum Gasteiger partial charge on any atom is -0.373 e. The molecule has 8 heteroatoms. The average molecular weight is 335 g/mol. The molecule has 1 aromatic rings. The maximum absolute atomic E-state index is 11.5. The van der Waals surface area contributed by atoms with Gasteiger partial charge < -0.3 is 15.8 Å². The summed E-state index contributed by atoms with van der Waals surface area (Å²) >= 11 is 1.43. The zero-order valence-electron chi connectivity index (χ0n) is 12.5. The third kappa shape index (κ3) is 5.52. The maximum Gasteiger partial charge on any atom is 0.242 e. The van der Waals surface area contributed by atoms with E-state index in [9.17, 15) is 4.79 Å². The monoisotopic (exact) mass is 334 g/mol. The van der Waals surface area contributed by atoms with E-state index in [1.165, 1.54) is 11.3 Å². The second-order valence-corrected chi connectivity index (χ2v) is 6.23. The molecule has 1 aliphatic heterocycles. The summed E-state index contributed by atoms with van der Waals surface area (Å²) in [5, 5.41) is 5.30. The van der Waals surface area contributed by atoms with Gasteiger partial charge in [-0.3, -0.25) is 9.69 Å². The van der Waals surface area contributed by atoms with Gasteiger partial charge >= 0.3 is 0 Å². The first-order valence-electron chi connectivity index (χ1n) is 6.82. The van der Waals surface area contributed by atoms with E-state index in [0.717, 1.165) is 25.3 Å². The van der Waals surface area contributed by atoms with Gasteiger partial charge in [-0.25, -0.2) is 4.98 Å². The number of nitrogens with zero attached hydrogens (tertiary/aromatic N) is 2. The van der Waals surface area contributed by atoms with Crippen LogP contribution >= 0.6 is 23.7 Å². The van der Waals surface area contributed by atoms with Crippen LogP contribution in [0.4, 0.5) is 5.13 Å². The van der Waals surface area contributed by atoms with E-state index in [1.807, 2.05) is 5.38 Å². The predicted octanol–water partition coefficient (Wildman–Crippen LogP) is 1.46. The molecular weight excluding hydrogens is 312 g/mol. The van der Waals surface area contributed by atoms with Crippen molar-refractivity contribution >= 4 is 34.8 Å². The van der Waals surface area contributed by atoms with Crippen LogP contribution in [0.15, 0.2) is 5.38 Å². The Kier molecular flexibility index (Phi) is 7.02. The molecular formula is C13H23ClN4O2S.